The molecule has 6 aromatic carbocycles. The van der Waals surface area contributed by atoms with E-state index in [-0.39, 0.29) is 197 Å². The van der Waals surface area contributed by atoms with Gasteiger partial charge in [0.25, 0.3) is 0 Å². The van der Waals surface area contributed by atoms with Crippen molar-refractivity contribution in [2.24, 2.45) is 20.5 Å². The second-order valence-corrected chi connectivity index (χ2v) is 19.3. The van der Waals surface area contributed by atoms with Crippen molar-refractivity contribution < 1.29 is 225 Å². The quantitative estimate of drug-likeness (QED) is 0.0652. The molecule has 0 fully saturated rings. The number of benzene rings is 6. The molecular weight excluding hydrogens is 1220 g/mol. The first-order chi connectivity index (χ1) is 30.7. The smallest absolute Gasteiger partial charge is 0.871 e. The zero-order chi connectivity index (χ0) is 48.3. The molecule has 0 saturated carbocycles. The van der Waals surface area contributed by atoms with Crippen LogP contribution in [-0.4, -0.2) is 66.8 Å². The van der Waals surface area contributed by atoms with Crippen LogP contribution in [0.1, 0.15) is 0 Å². The Kier molecular flexibility index (Phi) is 25.0. The Bertz CT molecular complexity index is 3790. The van der Waals surface area contributed by atoms with E-state index in [2.05, 4.69) is 46.0 Å². The third kappa shape index (κ3) is 15.9. The Morgan fingerprint density at radius 1 is 0.458 bits per heavy atom. The fourth-order valence-corrected chi connectivity index (χ4v) is 8.57. The molecular formula is C35H15Cl2Cu2N9Na4O16S4. The zero-order valence-corrected chi connectivity index (χ0v) is 50.8. The van der Waals surface area contributed by atoms with Gasteiger partial charge in [0.15, 0.2) is 0 Å². The zero-order valence-electron chi connectivity index (χ0n) is 36.2. The van der Waals surface area contributed by atoms with Crippen LogP contribution in [0.15, 0.2) is 119 Å². The molecule has 7 aromatic rings. The molecule has 360 valence electrons. The van der Waals surface area contributed by atoms with Crippen LogP contribution in [0.25, 0.3) is 21.5 Å². The number of hydrogen-bond donors (Lipinski definition) is 2. The predicted molar refractivity (Wildman–Crippen MR) is 215 cm³/mol. The van der Waals surface area contributed by atoms with Gasteiger partial charge in [0, 0.05) is 16.4 Å². The maximum atomic E-state index is 13.5. The number of azo groups is 2. The number of fused-ring (bicyclic) bond motifs is 2. The van der Waals surface area contributed by atoms with Crippen molar-refractivity contribution in [1.82, 2.24) is 15.0 Å². The second kappa shape index (κ2) is 26.4. The molecule has 0 spiro atoms. The van der Waals surface area contributed by atoms with E-state index < -0.39 is 116 Å². The summed E-state index contributed by atoms with van der Waals surface area (Å²) < 4.78 is 142. The largest absolute Gasteiger partial charge is 2.00 e. The summed E-state index contributed by atoms with van der Waals surface area (Å²) in [6, 6.07) is 11.7. The molecule has 7 rings (SSSR count). The van der Waals surface area contributed by atoms with Crippen LogP contribution in [0.2, 0.25) is 10.3 Å². The van der Waals surface area contributed by atoms with Crippen molar-refractivity contribution in [3.63, 3.8) is 0 Å². The molecule has 0 saturated heterocycles. The number of rotatable bonds is 12. The minimum Gasteiger partial charge on any atom is -0.871 e. The second-order valence-electron chi connectivity index (χ2n) is 13.1. The van der Waals surface area contributed by atoms with Gasteiger partial charge in [-0.15, -0.1) is 10.2 Å². The molecule has 0 amide bonds. The molecule has 25 nitrogen and oxygen atoms in total. The first-order valence-electron chi connectivity index (χ1n) is 17.2. The van der Waals surface area contributed by atoms with Crippen LogP contribution in [0.4, 0.5) is 46.0 Å². The van der Waals surface area contributed by atoms with Gasteiger partial charge >= 0.3 is 152 Å². The van der Waals surface area contributed by atoms with E-state index >= 15 is 0 Å². The van der Waals surface area contributed by atoms with Crippen molar-refractivity contribution in [2.75, 3.05) is 10.6 Å². The molecule has 0 unspecified atom stereocenters. The van der Waals surface area contributed by atoms with Crippen LogP contribution >= 0.6 is 23.2 Å². The standard InChI is InChI=1S/C35H23Cl2N9O16S4.2Cu.4Na/c36-22-11-19(64(54,55)56)13-24(32(22)50)44-46-29-27(66(60,61)62)10-15-8-17(2-5-21(15)31(29)49)39-35-41-33(37)40-34(42-35)38-16-1-4-20-14(7-16)9-26(65(57,58)59)28(30(20)48)45-43-23-12-18(63(51,52)53)3-6-25(23)47;;;;;;/h1-13,47-50H,(H,51,52,53)(H,54,55,56)(H,57,58,59)(H,60,61,62)(H2,38,39,40,41,42);;;;;;/q;2*+2;4*+1/p-8. The van der Waals surface area contributed by atoms with Crippen molar-refractivity contribution >= 4 is 131 Å². The van der Waals surface area contributed by atoms with Crippen LogP contribution < -0.4 is 149 Å². The van der Waals surface area contributed by atoms with Crippen molar-refractivity contribution in [2.45, 2.75) is 19.6 Å². The van der Waals surface area contributed by atoms with Crippen LogP contribution in [0.5, 0.6) is 23.0 Å². The molecule has 37 heteroatoms. The monoisotopic (exact) mass is 1230 g/mol. The molecule has 1 heterocycles. The van der Waals surface area contributed by atoms with Crippen molar-refractivity contribution in [1.29, 1.82) is 0 Å². The third-order valence-electron chi connectivity index (χ3n) is 8.74. The molecule has 0 aliphatic heterocycles. The van der Waals surface area contributed by atoms with Gasteiger partial charge in [-0.2, -0.15) is 25.2 Å². The van der Waals surface area contributed by atoms with Gasteiger partial charge in [-0.05, 0) is 93.8 Å². The number of aromatic nitrogens is 3. The number of nitrogens with one attached hydrogen (secondary N) is 2. The summed E-state index contributed by atoms with van der Waals surface area (Å²) >= 11 is 11.8. The van der Waals surface area contributed by atoms with E-state index in [1.54, 1.807) is 0 Å². The minimum atomic E-state index is -5.50. The number of halogens is 2. The first kappa shape index (κ1) is 68.1. The van der Waals surface area contributed by atoms with Gasteiger partial charge in [0.1, 0.15) is 40.5 Å². The molecule has 0 aliphatic carbocycles. The summed E-state index contributed by atoms with van der Waals surface area (Å²) in [5, 5.41) is 68.8. The van der Waals surface area contributed by atoms with Gasteiger partial charge in [-0.25, -0.2) is 33.7 Å². The number of anilines is 4. The molecule has 72 heavy (non-hydrogen) atoms. The summed E-state index contributed by atoms with van der Waals surface area (Å²) in [5.74, 6) is -5.01. The van der Waals surface area contributed by atoms with E-state index in [0.29, 0.717) is 30.3 Å². The summed E-state index contributed by atoms with van der Waals surface area (Å²) in [6.45, 7) is 0. The topological polar surface area (TPSA) is 433 Å². The van der Waals surface area contributed by atoms with E-state index in [4.69, 9.17) is 23.2 Å². The molecule has 2 N–H and O–H groups in total. The Hall–Kier alpha value is -1.89. The SMILES string of the molecule is O=S(=O)([O-])c1ccc([O-])c(N=Nc2c(S(=O)(=O)[O-])cc3cc(Nc4nc(Cl)nc(Nc5ccc6c([O-])c(N=Nc7cc(S(=O)(=O)[O-])cc(Cl)c7[O-])c(S(=O)(=O)[O-])cc6c5)n4)ccc3c2[O-])c1.[Cu+2].[Cu+2].[Na+].[Na+].[Na+].[Na+]. The summed E-state index contributed by atoms with van der Waals surface area (Å²) in [6.07, 6.45) is 0. The summed E-state index contributed by atoms with van der Waals surface area (Å²) in [4.78, 5) is 7.78. The fraction of sp³-hybridized carbons (Fsp3) is 0. The van der Waals surface area contributed by atoms with Crippen molar-refractivity contribution in [3.8, 4) is 23.0 Å². The van der Waals surface area contributed by atoms with Gasteiger partial charge in [0.05, 0.1) is 42.3 Å². The normalized spacial score (nSPS) is 11.6. The molecule has 2 radical (unpaired) electrons. The Balaban J connectivity index is 0.00000432. The van der Waals surface area contributed by atoms with Crippen LogP contribution in [0.3, 0.4) is 0 Å². The Labute approximate surface area is 526 Å². The molecule has 0 aliphatic rings. The van der Waals surface area contributed by atoms with Crippen LogP contribution in [-0.2, 0) is 74.6 Å². The van der Waals surface area contributed by atoms with E-state index in [9.17, 15) is 72.3 Å². The van der Waals surface area contributed by atoms with Gasteiger partial charge in [0.2, 0.25) is 17.2 Å². The minimum absolute atomic E-state index is 0. The Morgan fingerprint density at radius 2 is 0.875 bits per heavy atom. The van der Waals surface area contributed by atoms with Gasteiger partial charge < -0.3 is 49.3 Å². The van der Waals surface area contributed by atoms with E-state index in [1.807, 2.05) is 0 Å². The average molecular weight is 1240 g/mol. The summed E-state index contributed by atoms with van der Waals surface area (Å²) in [5.41, 5.74) is -3.62. The average Bonchev–Trinajstić information content (AvgIpc) is 3.20. The number of nitrogens with zero attached hydrogens (tertiary/aromatic N) is 7. The van der Waals surface area contributed by atoms with E-state index in [0.717, 1.165) is 18.2 Å². The fourth-order valence-electron chi connectivity index (χ4n) is 5.83. The first-order valence-corrected chi connectivity index (χ1v) is 23.6. The van der Waals surface area contributed by atoms with Crippen LogP contribution in [0, 0.1) is 0 Å². The van der Waals surface area contributed by atoms with Gasteiger partial charge in [-0.3, -0.25) is 0 Å². The maximum absolute atomic E-state index is 13.5. The number of hydrogen-bond acceptors (Lipinski definition) is 25. The third-order valence-corrected chi connectivity index (χ3v) is 12.5. The van der Waals surface area contributed by atoms with Gasteiger partial charge in [-0.1, -0.05) is 52.8 Å². The predicted octanol–water partition coefficient (Wildman–Crippen LogP) is -8.28. The maximum Gasteiger partial charge on any atom is 2.00 e. The van der Waals surface area contributed by atoms with E-state index in [1.165, 1.54) is 30.3 Å². The van der Waals surface area contributed by atoms with Crippen molar-refractivity contribution in [3.05, 3.63) is 89.2 Å². The summed E-state index contributed by atoms with van der Waals surface area (Å²) in [7, 11) is -21.2. The molecule has 0 atom stereocenters. The molecule has 1 aromatic heterocycles. The Morgan fingerprint density at radius 3 is 1.29 bits per heavy atom. The molecule has 0 bridgehead atoms.